The maximum Gasteiger partial charge on any atom is 0.416 e. The van der Waals surface area contributed by atoms with Gasteiger partial charge < -0.3 is 5.73 Å². The van der Waals surface area contributed by atoms with Gasteiger partial charge in [-0.2, -0.15) is 13.2 Å². The molecule has 2 rings (SSSR count). The number of aryl methyl sites for hydroxylation is 1. The first kappa shape index (κ1) is 13.5. The molecule has 100 valence electrons. The van der Waals surface area contributed by atoms with E-state index in [0.29, 0.717) is 11.3 Å². The van der Waals surface area contributed by atoms with Gasteiger partial charge in [0.1, 0.15) is 0 Å². The second-order valence-electron chi connectivity index (χ2n) is 4.18. The van der Waals surface area contributed by atoms with Crippen molar-refractivity contribution in [2.75, 3.05) is 0 Å². The van der Waals surface area contributed by atoms with E-state index in [1.54, 1.807) is 13.1 Å². The molecule has 0 amide bonds. The van der Waals surface area contributed by atoms with Crippen molar-refractivity contribution in [3.05, 3.63) is 59.2 Å². The van der Waals surface area contributed by atoms with E-state index in [-0.39, 0.29) is 0 Å². The molecule has 0 aliphatic rings. The van der Waals surface area contributed by atoms with Crippen LogP contribution in [0, 0.1) is 6.92 Å². The lowest BCUT2D eigenvalue weighted by Gasteiger charge is -2.13. The van der Waals surface area contributed by atoms with Crippen molar-refractivity contribution in [1.82, 2.24) is 9.97 Å². The van der Waals surface area contributed by atoms with Gasteiger partial charge in [-0.05, 0) is 24.6 Å². The fourth-order valence-electron chi connectivity index (χ4n) is 1.61. The zero-order valence-electron chi connectivity index (χ0n) is 10.1. The Kier molecular flexibility index (Phi) is 3.53. The van der Waals surface area contributed by atoms with Gasteiger partial charge in [0.25, 0.3) is 0 Å². The van der Waals surface area contributed by atoms with E-state index < -0.39 is 17.8 Å². The Morgan fingerprint density at radius 3 is 2.16 bits per heavy atom. The minimum atomic E-state index is -4.34. The molecule has 0 radical (unpaired) electrons. The number of nitrogens with zero attached hydrogens (tertiary/aromatic N) is 2. The number of nitrogens with two attached hydrogens (primary N) is 1. The predicted molar refractivity (Wildman–Crippen MR) is 64.2 cm³/mol. The molecule has 0 saturated carbocycles. The molecule has 2 N–H and O–H groups in total. The normalized spacial score (nSPS) is 13.3. The lowest BCUT2D eigenvalue weighted by Crippen LogP contribution is -2.14. The second kappa shape index (κ2) is 4.97. The topological polar surface area (TPSA) is 51.8 Å². The van der Waals surface area contributed by atoms with E-state index in [0.717, 1.165) is 17.8 Å². The molecule has 1 aromatic heterocycles. The zero-order chi connectivity index (χ0) is 14.0. The van der Waals surface area contributed by atoms with Crippen LogP contribution >= 0.6 is 0 Å². The van der Waals surface area contributed by atoms with E-state index >= 15 is 0 Å². The van der Waals surface area contributed by atoms with Crippen molar-refractivity contribution in [2.45, 2.75) is 19.1 Å². The maximum atomic E-state index is 12.4. The van der Waals surface area contributed by atoms with Gasteiger partial charge in [-0.15, -0.1) is 0 Å². The van der Waals surface area contributed by atoms with Crippen molar-refractivity contribution < 1.29 is 13.2 Å². The summed E-state index contributed by atoms with van der Waals surface area (Å²) in [4.78, 5) is 8.18. The van der Waals surface area contributed by atoms with Gasteiger partial charge in [-0.25, -0.2) is 0 Å². The zero-order valence-corrected chi connectivity index (χ0v) is 10.1. The van der Waals surface area contributed by atoms with Crippen molar-refractivity contribution >= 4 is 0 Å². The van der Waals surface area contributed by atoms with Crippen LogP contribution in [0.15, 0.2) is 36.7 Å². The highest BCUT2D eigenvalue weighted by Crippen LogP contribution is 2.30. The summed E-state index contributed by atoms with van der Waals surface area (Å²) in [5.41, 5.74) is 7.08. The van der Waals surface area contributed by atoms with Crippen LogP contribution in [0.1, 0.15) is 28.6 Å². The van der Waals surface area contributed by atoms with Crippen LogP contribution in [0.4, 0.5) is 13.2 Å². The molecule has 1 atom stereocenters. The number of benzene rings is 1. The van der Waals surface area contributed by atoms with Gasteiger partial charge in [0.2, 0.25) is 0 Å². The molecule has 1 aromatic carbocycles. The molecule has 6 heteroatoms. The standard InChI is InChI=1S/C13H12F3N3/c1-8-6-19-11(7-18-8)12(17)9-2-4-10(5-3-9)13(14,15)16/h2-7,12H,17H2,1H3. The molecule has 1 heterocycles. The van der Waals surface area contributed by atoms with Crippen LogP contribution < -0.4 is 5.73 Å². The van der Waals surface area contributed by atoms with Crippen molar-refractivity contribution in [3.63, 3.8) is 0 Å². The van der Waals surface area contributed by atoms with Gasteiger partial charge >= 0.3 is 6.18 Å². The summed E-state index contributed by atoms with van der Waals surface area (Å²) in [6.45, 7) is 1.79. The van der Waals surface area contributed by atoms with Gasteiger partial charge in [-0.3, -0.25) is 9.97 Å². The van der Waals surface area contributed by atoms with E-state index in [9.17, 15) is 13.2 Å². The van der Waals surface area contributed by atoms with Crippen LogP contribution in [-0.2, 0) is 6.18 Å². The quantitative estimate of drug-likeness (QED) is 0.910. The third kappa shape index (κ3) is 3.08. The van der Waals surface area contributed by atoms with E-state index in [2.05, 4.69) is 9.97 Å². The molecule has 19 heavy (non-hydrogen) atoms. The Labute approximate surface area is 108 Å². The third-order valence-electron chi connectivity index (χ3n) is 2.72. The number of alkyl halides is 3. The largest absolute Gasteiger partial charge is 0.416 e. The minimum Gasteiger partial charge on any atom is -0.319 e. The number of halogens is 3. The Morgan fingerprint density at radius 2 is 1.68 bits per heavy atom. The highest BCUT2D eigenvalue weighted by atomic mass is 19.4. The van der Waals surface area contributed by atoms with E-state index in [1.807, 2.05) is 0 Å². The molecule has 0 bridgehead atoms. The van der Waals surface area contributed by atoms with Crippen molar-refractivity contribution in [2.24, 2.45) is 5.73 Å². The van der Waals surface area contributed by atoms with Gasteiger partial charge in [-0.1, -0.05) is 12.1 Å². The number of hydrogen-bond donors (Lipinski definition) is 1. The SMILES string of the molecule is Cc1cnc(C(N)c2ccc(C(F)(F)F)cc2)cn1. The molecule has 0 saturated heterocycles. The number of hydrogen-bond acceptors (Lipinski definition) is 3. The second-order valence-corrected chi connectivity index (χ2v) is 4.18. The molecule has 0 aliphatic heterocycles. The van der Waals surface area contributed by atoms with Crippen molar-refractivity contribution in [1.29, 1.82) is 0 Å². The lowest BCUT2D eigenvalue weighted by atomic mass is 10.0. The monoisotopic (exact) mass is 267 g/mol. The molecule has 0 fully saturated rings. The predicted octanol–water partition coefficient (Wildman–Crippen LogP) is 2.85. The summed E-state index contributed by atoms with van der Waals surface area (Å²) >= 11 is 0. The molecule has 2 aromatic rings. The Hall–Kier alpha value is -1.95. The summed E-state index contributed by atoms with van der Waals surface area (Å²) in [5.74, 6) is 0. The summed E-state index contributed by atoms with van der Waals surface area (Å²) in [6, 6.07) is 4.15. The summed E-state index contributed by atoms with van der Waals surface area (Å²) < 4.78 is 37.3. The molecular weight excluding hydrogens is 255 g/mol. The van der Waals surface area contributed by atoms with Gasteiger partial charge in [0.05, 0.1) is 29.2 Å². The first-order valence-corrected chi connectivity index (χ1v) is 5.59. The Bertz CT molecular complexity index is 547. The fourth-order valence-corrected chi connectivity index (χ4v) is 1.61. The van der Waals surface area contributed by atoms with Crippen LogP contribution in [0.25, 0.3) is 0 Å². The summed E-state index contributed by atoms with van der Waals surface area (Å²) in [7, 11) is 0. The molecule has 0 aliphatic carbocycles. The first-order chi connectivity index (χ1) is 8.88. The fraction of sp³-hybridized carbons (Fsp3) is 0.231. The average Bonchev–Trinajstić information content (AvgIpc) is 2.38. The lowest BCUT2D eigenvalue weighted by molar-refractivity contribution is -0.137. The average molecular weight is 267 g/mol. The van der Waals surface area contributed by atoms with Gasteiger partial charge in [0.15, 0.2) is 0 Å². The number of aromatic nitrogens is 2. The molecular formula is C13H12F3N3. The summed E-state index contributed by atoms with van der Waals surface area (Å²) in [5, 5.41) is 0. The summed E-state index contributed by atoms with van der Waals surface area (Å²) in [6.07, 6.45) is -1.25. The van der Waals surface area contributed by atoms with Crippen LogP contribution in [0.5, 0.6) is 0 Å². The Morgan fingerprint density at radius 1 is 1.05 bits per heavy atom. The first-order valence-electron chi connectivity index (χ1n) is 5.59. The molecule has 0 spiro atoms. The highest BCUT2D eigenvalue weighted by molar-refractivity contribution is 5.30. The van der Waals surface area contributed by atoms with Crippen LogP contribution in [-0.4, -0.2) is 9.97 Å². The van der Waals surface area contributed by atoms with E-state index in [4.69, 9.17) is 5.73 Å². The third-order valence-corrected chi connectivity index (χ3v) is 2.72. The molecule has 3 nitrogen and oxygen atoms in total. The Balaban J connectivity index is 2.25. The van der Waals surface area contributed by atoms with Gasteiger partial charge in [0, 0.05) is 6.20 Å². The number of rotatable bonds is 2. The van der Waals surface area contributed by atoms with Crippen LogP contribution in [0.2, 0.25) is 0 Å². The highest BCUT2D eigenvalue weighted by Gasteiger charge is 2.30. The van der Waals surface area contributed by atoms with E-state index in [1.165, 1.54) is 18.3 Å². The minimum absolute atomic E-state index is 0.519. The van der Waals surface area contributed by atoms with Crippen molar-refractivity contribution in [3.8, 4) is 0 Å². The van der Waals surface area contributed by atoms with Crippen LogP contribution in [0.3, 0.4) is 0 Å². The smallest absolute Gasteiger partial charge is 0.319 e. The maximum absolute atomic E-state index is 12.4. The molecule has 1 unspecified atom stereocenters.